The molecule has 25 heavy (non-hydrogen) atoms. The number of halogens is 1. The van der Waals surface area contributed by atoms with Crippen LogP contribution in [-0.2, 0) is 12.8 Å². The lowest BCUT2D eigenvalue weighted by Gasteiger charge is -2.17. The summed E-state index contributed by atoms with van der Waals surface area (Å²) in [5.41, 5.74) is 4.20. The molecule has 1 aromatic heterocycles. The molecule has 4 rings (SSSR count). The fourth-order valence-corrected chi connectivity index (χ4v) is 4.12. The highest BCUT2D eigenvalue weighted by atomic mass is 127. The van der Waals surface area contributed by atoms with Gasteiger partial charge in [-0.25, -0.2) is 0 Å². The van der Waals surface area contributed by atoms with E-state index in [1.807, 2.05) is 36.4 Å². The van der Waals surface area contributed by atoms with Gasteiger partial charge in [-0.05, 0) is 78.1 Å². The standard InChI is InChI=1S/C20H17IN2O2/c21-17-8-4-3-7-16(17)20(25)22-12-9-10-14-13-5-1-2-6-15(13)19(24)23-18(14)11-12/h3-4,7-11H,1-2,5-6H2,(H,22,25)(H,23,24). The molecular weight excluding hydrogens is 427 g/mol. The lowest BCUT2D eigenvalue weighted by molar-refractivity contribution is 0.102. The van der Waals surface area contributed by atoms with E-state index in [9.17, 15) is 9.59 Å². The second-order valence-electron chi connectivity index (χ2n) is 6.31. The molecule has 0 unspecified atom stereocenters. The number of aromatic amines is 1. The normalized spacial score (nSPS) is 13.5. The van der Waals surface area contributed by atoms with Crippen LogP contribution in [-0.4, -0.2) is 10.9 Å². The SMILES string of the molecule is O=C(Nc1ccc2c3c(c(=O)[nH]c2c1)CCCC3)c1ccccc1I. The molecule has 0 radical (unpaired) electrons. The highest BCUT2D eigenvalue weighted by Gasteiger charge is 2.17. The van der Waals surface area contributed by atoms with E-state index in [0.717, 1.165) is 45.7 Å². The zero-order chi connectivity index (χ0) is 17.4. The van der Waals surface area contributed by atoms with E-state index >= 15 is 0 Å². The van der Waals surface area contributed by atoms with Gasteiger partial charge in [-0.15, -0.1) is 0 Å². The van der Waals surface area contributed by atoms with Crippen molar-refractivity contribution in [3.05, 3.63) is 73.1 Å². The first-order chi connectivity index (χ1) is 12.1. The molecule has 0 bridgehead atoms. The van der Waals surface area contributed by atoms with Gasteiger partial charge in [0, 0.05) is 20.2 Å². The Morgan fingerprint density at radius 1 is 1.04 bits per heavy atom. The highest BCUT2D eigenvalue weighted by molar-refractivity contribution is 14.1. The van der Waals surface area contributed by atoms with Gasteiger partial charge >= 0.3 is 0 Å². The maximum atomic E-state index is 12.5. The first kappa shape index (κ1) is 16.3. The number of carbonyl (C=O) groups excluding carboxylic acids is 1. The largest absolute Gasteiger partial charge is 0.322 e. The number of carbonyl (C=O) groups is 1. The molecule has 0 atom stereocenters. The summed E-state index contributed by atoms with van der Waals surface area (Å²) in [5, 5.41) is 4.01. The van der Waals surface area contributed by atoms with Crippen LogP contribution < -0.4 is 10.9 Å². The van der Waals surface area contributed by atoms with Crippen LogP contribution in [0.5, 0.6) is 0 Å². The summed E-state index contributed by atoms with van der Waals surface area (Å²) in [6.07, 6.45) is 4.00. The molecule has 2 aromatic carbocycles. The molecule has 0 aliphatic heterocycles. The van der Waals surface area contributed by atoms with E-state index in [1.165, 1.54) is 5.56 Å². The summed E-state index contributed by atoms with van der Waals surface area (Å²) in [7, 11) is 0. The summed E-state index contributed by atoms with van der Waals surface area (Å²) < 4.78 is 0.904. The third kappa shape index (κ3) is 3.08. The molecule has 1 aliphatic rings. The minimum Gasteiger partial charge on any atom is -0.322 e. The van der Waals surface area contributed by atoms with Crippen LogP contribution in [0.2, 0.25) is 0 Å². The molecule has 4 nitrogen and oxygen atoms in total. The number of aromatic nitrogens is 1. The Labute approximate surface area is 158 Å². The summed E-state index contributed by atoms with van der Waals surface area (Å²) in [4.78, 5) is 27.8. The van der Waals surface area contributed by atoms with Gasteiger partial charge in [0.05, 0.1) is 11.1 Å². The monoisotopic (exact) mass is 444 g/mol. The van der Waals surface area contributed by atoms with Crippen LogP contribution >= 0.6 is 22.6 Å². The van der Waals surface area contributed by atoms with Gasteiger partial charge in [0.2, 0.25) is 0 Å². The van der Waals surface area contributed by atoms with Crippen molar-refractivity contribution in [3.63, 3.8) is 0 Å². The third-order valence-electron chi connectivity index (χ3n) is 4.71. The number of rotatable bonds is 2. The molecule has 5 heteroatoms. The smallest absolute Gasteiger partial charge is 0.256 e. The first-order valence-corrected chi connectivity index (χ1v) is 9.45. The van der Waals surface area contributed by atoms with Crippen LogP contribution in [0.15, 0.2) is 47.3 Å². The van der Waals surface area contributed by atoms with Crippen molar-refractivity contribution >= 4 is 45.1 Å². The third-order valence-corrected chi connectivity index (χ3v) is 5.65. The van der Waals surface area contributed by atoms with E-state index in [4.69, 9.17) is 0 Å². The van der Waals surface area contributed by atoms with Gasteiger partial charge in [0.1, 0.15) is 0 Å². The van der Waals surface area contributed by atoms with E-state index in [-0.39, 0.29) is 11.5 Å². The number of hydrogen-bond acceptors (Lipinski definition) is 2. The maximum absolute atomic E-state index is 12.5. The molecule has 1 amide bonds. The second-order valence-corrected chi connectivity index (χ2v) is 7.47. The fourth-order valence-electron chi connectivity index (χ4n) is 3.48. The quantitative estimate of drug-likeness (QED) is 0.581. The summed E-state index contributed by atoms with van der Waals surface area (Å²) in [6, 6.07) is 13.2. The molecule has 3 aromatic rings. The Hall–Kier alpha value is -2.15. The minimum absolute atomic E-state index is 0.00304. The molecule has 0 saturated carbocycles. The van der Waals surface area contributed by atoms with Crippen LogP contribution in [0.3, 0.4) is 0 Å². The van der Waals surface area contributed by atoms with Crippen LogP contribution in [0.25, 0.3) is 10.9 Å². The van der Waals surface area contributed by atoms with Crippen LogP contribution in [0.1, 0.15) is 34.3 Å². The molecule has 126 valence electrons. The van der Waals surface area contributed by atoms with Gasteiger partial charge in [-0.2, -0.15) is 0 Å². The Kier molecular flexibility index (Phi) is 4.33. The number of hydrogen-bond donors (Lipinski definition) is 2. The van der Waals surface area contributed by atoms with Crippen molar-refractivity contribution in [3.8, 4) is 0 Å². The first-order valence-electron chi connectivity index (χ1n) is 8.37. The van der Waals surface area contributed by atoms with Crippen LogP contribution in [0, 0.1) is 3.57 Å². The molecule has 2 N–H and O–H groups in total. The topological polar surface area (TPSA) is 62.0 Å². The number of aryl methyl sites for hydroxylation is 1. The Morgan fingerprint density at radius 3 is 2.60 bits per heavy atom. The Morgan fingerprint density at radius 2 is 1.80 bits per heavy atom. The van der Waals surface area contributed by atoms with Crippen molar-refractivity contribution in [1.29, 1.82) is 0 Å². The number of fused-ring (bicyclic) bond motifs is 3. The van der Waals surface area contributed by atoms with Crippen molar-refractivity contribution in [2.45, 2.75) is 25.7 Å². The maximum Gasteiger partial charge on any atom is 0.256 e. The highest BCUT2D eigenvalue weighted by Crippen LogP contribution is 2.27. The minimum atomic E-state index is -0.148. The van der Waals surface area contributed by atoms with Crippen molar-refractivity contribution in [2.75, 3.05) is 5.32 Å². The van der Waals surface area contributed by atoms with Gasteiger partial charge in [0.15, 0.2) is 0 Å². The van der Waals surface area contributed by atoms with Gasteiger partial charge in [0.25, 0.3) is 11.5 Å². The number of benzene rings is 2. The number of amides is 1. The van der Waals surface area contributed by atoms with Crippen molar-refractivity contribution < 1.29 is 4.79 Å². The zero-order valence-electron chi connectivity index (χ0n) is 13.6. The summed E-state index contributed by atoms with van der Waals surface area (Å²) in [5.74, 6) is -0.148. The Bertz CT molecular complexity index is 1040. The molecule has 1 heterocycles. The lowest BCUT2D eigenvalue weighted by atomic mass is 9.90. The van der Waals surface area contributed by atoms with E-state index < -0.39 is 0 Å². The summed E-state index contributed by atoms with van der Waals surface area (Å²) >= 11 is 2.15. The fraction of sp³-hybridized carbons (Fsp3) is 0.200. The number of anilines is 1. The molecule has 0 saturated heterocycles. The molecule has 0 spiro atoms. The van der Waals surface area contributed by atoms with E-state index in [2.05, 4.69) is 32.9 Å². The number of H-pyrrole nitrogens is 1. The zero-order valence-corrected chi connectivity index (χ0v) is 15.7. The summed E-state index contributed by atoms with van der Waals surface area (Å²) in [6.45, 7) is 0. The number of nitrogens with one attached hydrogen (secondary N) is 2. The predicted octanol–water partition coefficient (Wildman–Crippen LogP) is 4.26. The molecule has 1 aliphatic carbocycles. The molecular formula is C20H17IN2O2. The van der Waals surface area contributed by atoms with Gasteiger partial charge in [-0.1, -0.05) is 18.2 Å². The molecule has 0 fully saturated rings. The van der Waals surface area contributed by atoms with Crippen LogP contribution in [0.4, 0.5) is 5.69 Å². The average molecular weight is 444 g/mol. The van der Waals surface area contributed by atoms with Gasteiger partial charge < -0.3 is 10.3 Å². The van der Waals surface area contributed by atoms with E-state index in [1.54, 1.807) is 6.07 Å². The van der Waals surface area contributed by atoms with E-state index in [0.29, 0.717) is 11.3 Å². The van der Waals surface area contributed by atoms with Crippen molar-refractivity contribution in [1.82, 2.24) is 4.98 Å². The van der Waals surface area contributed by atoms with Gasteiger partial charge in [-0.3, -0.25) is 9.59 Å². The second kappa shape index (κ2) is 6.63. The number of pyridine rings is 1. The lowest BCUT2D eigenvalue weighted by Crippen LogP contribution is -2.19. The Balaban J connectivity index is 1.71. The predicted molar refractivity (Wildman–Crippen MR) is 108 cm³/mol. The van der Waals surface area contributed by atoms with Crippen molar-refractivity contribution in [2.24, 2.45) is 0 Å². The average Bonchev–Trinajstić information content (AvgIpc) is 2.62.